The predicted octanol–water partition coefficient (Wildman–Crippen LogP) is 2.95. The van der Waals surface area contributed by atoms with Crippen LogP contribution in [0.2, 0.25) is 5.02 Å². The highest BCUT2D eigenvalue weighted by Crippen LogP contribution is 2.27. The van der Waals surface area contributed by atoms with Crippen LogP contribution in [0.4, 0.5) is 0 Å². The first-order valence-electron chi connectivity index (χ1n) is 4.09. The van der Waals surface area contributed by atoms with Gasteiger partial charge in [0.15, 0.2) is 0 Å². The topological polar surface area (TPSA) is 33.0 Å². The zero-order chi connectivity index (χ0) is 10.4. The standard InChI is InChI=1S/C10H10ClNOS/c1-13-4-5-14-10-3-2-8(7-12)6-9(10)11/h2-3,6H,4-5H2,1H3. The number of nitrogens with zero attached hydrogens (tertiary/aromatic N) is 1. The molecule has 0 aliphatic rings. The Morgan fingerprint density at radius 1 is 1.57 bits per heavy atom. The van der Waals surface area contributed by atoms with Crippen molar-refractivity contribution in [1.29, 1.82) is 5.26 Å². The number of methoxy groups -OCH3 is 1. The third-order valence-electron chi connectivity index (χ3n) is 1.61. The molecule has 0 aliphatic carbocycles. The molecule has 4 heteroatoms. The van der Waals surface area contributed by atoms with E-state index in [1.54, 1.807) is 31.0 Å². The van der Waals surface area contributed by atoms with Crippen LogP contribution < -0.4 is 0 Å². The summed E-state index contributed by atoms with van der Waals surface area (Å²) in [5, 5.41) is 9.26. The fraction of sp³-hybridized carbons (Fsp3) is 0.300. The zero-order valence-electron chi connectivity index (χ0n) is 7.79. The third kappa shape index (κ3) is 3.22. The molecule has 2 nitrogen and oxygen atoms in total. The number of thioether (sulfide) groups is 1. The van der Waals surface area contributed by atoms with E-state index in [1.807, 2.05) is 12.1 Å². The summed E-state index contributed by atoms with van der Waals surface area (Å²) in [6.07, 6.45) is 0. The quantitative estimate of drug-likeness (QED) is 0.586. The second-order valence-electron chi connectivity index (χ2n) is 2.60. The fourth-order valence-corrected chi connectivity index (χ4v) is 2.10. The van der Waals surface area contributed by atoms with Crippen LogP contribution in [0.15, 0.2) is 23.1 Å². The summed E-state index contributed by atoms with van der Waals surface area (Å²) < 4.78 is 4.93. The molecule has 0 aromatic heterocycles. The average molecular weight is 228 g/mol. The van der Waals surface area contributed by atoms with Crippen LogP contribution >= 0.6 is 23.4 Å². The third-order valence-corrected chi connectivity index (χ3v) is 3.07. The van der Waals surface area contributed by atoms with Gasteiger partial charge in [0.1, 0.15) is 0 Å². The van der Waals surface area contributed by atoms with E-state index in [9.17, 15) is 0 Å². The zero-order valence-corrected chi connectivity index (χ0v) is 9.36. The maximum atomic E-state index is 8.63. The monoisotopic (exact) mass is 227 g/mol. The van der Waals surface area contributed by atoms with Gasteiger partial charge in [-0.2, -0.15) is 5.26 Å². The lowest BCUT2D eigenvalue weighted by Crippen LogP contribution is -1.91. The number of hydrogen-bond acceptors (Lipinski definition) is 3. The number of ether oxygens (including phenoxy) is 1. The van der Waals surface area contributed by atoms with Gasteiger partial charge in [0.05, 0.1) is 23.3 Å². The molecule has 0 bridgehead atoms. The van der Waals surface area contributed by atoms with Crippen molar-refractivity contribution in [3.8, 4) is 6.07 Å². The molecule has 0 heterocycles. The van der Waals surface area contributed by atoms with Crippen molar-refractivity contribution in [2.24, 2.45) is 0 Å². The first kappa shape index (κ1) is 11.4. The van der Waals surface area contributed by atoms with Crippen LogP contribution in [0.1, 0.15) is 5.56 Å². The highest BCUT2D eigenvalue weighted by atomic mass is 35.5. The maximum Gasteiger partial charge on any atom is 0.0992 e. The molecule has 14 heavy (non-hydrogen) atoms. The second-order valence-corrected chi connectivity index (χ2v) is 4.14. The Morgan fingerprint density at radius 3 is 2.93 bits per heavy atom. The van der Waals surface area contributed by atoms with Crippen molar-refractivity contribution in [2.45, 2.75) is 4.90 Å². The molecule has 1 aromatic rings. The fourth-order valence-electron chi connectivity index (χ4n) is 0.922. The second kappa shape index (κ2) is 5.92. The number of rotatable bonds is 4. The molecule has 0 saturated carbocycles. The molecule has 0 spiro atoms. The van der Waals surface area contributed by atoms with Gasteiger partial charge in [-0.25, -0.2) is 0 Å². The summed E-state index contributed by atoms with van der Waals surface area (Å²) in [5.41, 5.74) is 0.589. The van der Waals surface area contributed by atoms with Crippen molar-refractivity contribution in [3.63, 3.8) is 0 Å². The Hall–Kier alpha value is -0.690. The van der Waals surface area contributed by atoms with E-state index in [-0.39, 0.29) is 0 Å². The van der Waals surface area contributed by atoms with Crippen molar-refractivity contribution in [1.82, 2.24) is 0 Å². The molecule has 1 aromatic carbocycles. The van der Waals surface area contributed by atoms with Gasteiger partial charge in [0.2, 0.25) is 0 Å². The molecule has 0 N–H and O–H groups in total. The van der Waals surface area contributed by atoms with Gasteiger partial charge in [-0.3, -0.25) is 0 Å². The van der Waals surface area contributed by atoms with Crippen LogP contribution in [-0.4, -0.2) is 19.5 Å². The van der Waals surface area contributed by atoms with Crippen LogP contribution in [0.5, 0.6) is 0 Å². The SMILES string of the molecule is COCCSc1ccc(C#N)cc1Cl. The van der Waals surface area contributed by atoms with Crippen molar-refractivity contribution in [2.75, 3.05) is 19.5 Å². The Morgan fingerprint density at radius 2 is 2.36 bits per heavy atom. The summed E-state index contributed by atoms with van der Waals surface area (Å²) >= 11 is 7.60. The molecule has 74 valence electrons. The van der Waals surface area contributed by atoms with Gasteiger partial charge in [-0.15, -0.1) is 11.8 Å². The van der Waals surface area contributed by atoms with Crippen LogP contribution in [0.3, 0.4) is 0 Å². The highest BCUT2D eigenvalue weighted by molar-refractivity contribution is 7.99. The van der Waals surface area contributed by atoms with E-state index < -0.39 is 0 Å². The van der Waals surface area contributed by atoms with Gasteiger partial charge in [-0.05, 0) is 18.2 Å². The first-order chi connectivity index (χ1) is 6.77. The van der Waals surface area contributed by atoms with Gasteiger partial charge >= 0.3 is 0 Å². The largest absolute Gasteiger partial charge is 0.384 e. The van der Waals surface area contributed by atoms with E-state index in [0.717, 1.165) is 10.6 Å². The van der Waals surface area contributed by atoms with E-state index in [4.69, 9.17) is 21.6 Å². The molecular formula is C10H10ClNOS. The van der Waals surface area contributed by atoms with Crippen LogP contribution in [0.25, 0.3) is 0 Å². The number of nitriles is 1. The lowest BCUT2D eigenvalue weighted by Gasteiger charge is -2.03. The number of benzene rings is 1. The highest BCUT2D eigenvalue weighted by Gasteiger charge is 2.01. The van der Waals surface area contributed by atoms with Crippen molar-refractivity contribution < 1.29 is 4.74 Å². The lowest BCUT2D eigenvalue weighted by molar-refractivity contribution is 0.218. The minimum Gasteiger partial charge on any atom is -0.384 e. The average Bonchev–Trinajstić information content (AvgIpc) is 2.20. The van der Waals surface area contributed by atoms with Crippen LogP contribution in [0, 0.1) is 11.3 Å². The Kier molecular flexibility index (Phi) is 4.81. The van der Waals surface area contributed by atoms with Gasteiger partial charge in [0.25, 0.3) is 0 Å². The summed E-state index contributed by atoms with van der Waals surface area (Å²) in [7, 11) is 1.67. The number of halogens is 1. The van der Waals surface area contributed by atoms with Crippen molar-refractivity contribution >= 4 is 23.4 Å². The van der Waals surface area contributed by atoms with E-state index in [2.05, 4.69) is 0 Å². The Bertz CT molecular complexity index is 348. The molecule has 0 radical (unpaired) electrons. The van der Waals surface area contributed by atoms with E-state index in [1.165, 1.54) is 0 Å². The van der Waals surface area contributed by atoms with Gasteiger partial charge in [0, 0.05) is 17.8 Å². The Balaban J connectivity index is 2.65. The minimum absolute atomic E-state index is 0.589. The molecule has 0 fully saturated rings. The summed E-state index contributed by atoms with van der Waals surface area (Å²) in [6, 6.07) is 7.35. The molecule has 0 unspecified atom stereocenters. The molecule has 1 rings (SSSR count). The molecule has 0 atom stereocenters. The van der Waals surface area contributed by atoms with Gasteiger partial charge in [-0.1, -0.05) is 11.6 Å². The lowest BCUT2D eigenvalue weighted by atomic mass is 10.2. The molecule has 0 aliphatic heterocycles. The van der Waals surface area contributed by atoms with Gasteiger partial charge < -0.3 is 4.74 Å². The Labute approximate surface area is 92.8 Å². The smallest absolute Gasteiger partial charge is 0.0992 e. The minimum atomic E-state index is 0.589. The molecule has 0 saturated heterocycles. The van der Waals surface area contributed by atoms with E-state index in [0.29, 0.717) is 17.2 Å². The number of hydrogen-bond donors (Lipinski definition) is 0. The van der Waals surface area contributed by atoms with Crippen LogP contribution in [-0.2, 0) is 4.74 Å². The summed E-state index contributed by atoms with van der Waals surface area (Å²) in [5.74, 6) is 0.863. The maximum absolute atomic E-state index is 8.63. The molecular weight excluding hydrogens is 218 g/mol. The normalized spacial score (nSPS) is 9.79. The van der Waals surface area contributed by atoms with E-state index >= 15 is 0 Å². The predicted molar refractivity (Wildman–Crippen MR) is 58.8 cm³/mol. The first-order valence-corrected chi connectivity index (χ1v) is 5.45. The summed E-state index contributed by atoms with van der Waals surface area (Å²) in [6.45, 7) is 0.695. The summed E-state index contributed by atoms with van der Waals surface area (Å²) in [4.78, 5) is 0.989. The molecule has 0 amide bonds. The van der Waals surface area contributed by atoms with Crippen molar-refractivity contribution in [3.05, 3.63) is 28.8 Å².